The first-order chi connectivity index (χ1) is 12.4. The molecular weight excluding hydrogens is 364 g/mol. The van der Waals surface area contributed by atoms with Gasteiger partial charge in [-0.25, -0.2) is 9.78 Å². The Morgan fingerprint density at radius 1 is 1.27 bits per heavy atom. The lowest BCUT2D eigenvalue weighted by Crippen LogP contribution is -2.36. The number of rotatable bonds is 6. The van der Waals surface area contributed by atoms with Gasteiger partial charge in [-0.2, -0.15) is 0 Å². The quantitative estimate of drug-likeness (QED) is 0.631. The number of carbonyl (C=O) groups is 1. The van der Waals surface area contributed by atoms with Crippen LogP contribution in [0.15, 0.2) is 35.7 Å². The van der Waals surface area contributed by atoms with E-state index in [9.17, 15) is 4.79 Å². The van der Waals surface area contributed by atoms with Crippen molar-refractivity contribution in [2.24, 2.45) is 0 Å². The summed E-state index contributed by atoms with van der Waals surface area (Å²) in [6.45, 7) is 4.83. The van der Waals surface area contributed by atoms with Crippen LogP contribution in [0.1, 0.15) is 35.7 Å². The van der Waals surface area contributed by atoms with Crippen molar-refractivity contribution in [3.63, 3.8) is 0 Å². The molecule has 0 saturated carbocycles. The van der Waals surface area contributed by atoms with Crippen LogP contribution >= 0.6 is 22.7 Å². The minimum atomic E-state index is -0.193. The Hall–Kier alpha value is -1.96. The molecule has 0 fully saturated rings. The highest BCUT2D eigenvalue weighted by atomic mass is 32.1. The number of likely N-dealkylation sites (N-methyl/N-ethyl adjacent to an activating group) is 1. The van der Waals surface area contributed by atoms with Crippen molar-refractivity contribution in [3.05, 3.63) is 45.6 Å². The van der Waals surface area contributed by atoms with Crippen LogP contribution in [0.25, 0.3) is 10.2 Å². The Labute approximate surface area is 162 Å². The molecule has 0 aliphatic heterocycles. The van der Waals surface area contributed by atoms with Gasteiger partial charge in [0.1, 0.15) is 0 Å². The summed E-state index contributed by atoms with van der Waals surface area (Å²) in [6.07, 6.45) is 0. The SMILES string of the molecule is CC(C)c1nc2ccc(NC(=O)NCC(c3cccs3)N(C)C)cc2s1. The second-order valence-electron chi connectivity index (χ2n) is 6.72. The highest BCUT2D eigenvalue weighted by Crippen LogP contribution is 2.29. The molecule has 3 rings (SSSR count). The van der Waals surface area contributed by atoms with Crippen LogP contribution < -0.4 is 10.6 Å². The number of hydrogen-bond donors (Lipinski definition) is 2. The fourth-order valence-electron chi connectivity index (χ4n) is 2.65. The third kappa shape index (κ3) is 4.41. The van der Waals surface area contributed by atoms with Gasteiger partial charge < -0.3 is 15.5 Å². The average Bonchev–Trinajstić information content (AvgIpc) is 3.23. The number of nitrogens with zero attached hydrogens (tertiary/aromatic N) is 2. The summed E-state index contributed by atoms with van der Waals surface area (Å²) in [5, 5.41) is 9.08. The van der Waals surface area contributed by atoms with Gasteiger partial charge in [-0.3, -0.25) is 0 Å². The Balaban J connectivity index is 1.63. The lowest BCUT2D eigenvalue weighted by atomic mass is 10.2. The van der Waals surface area contributed by atoms with Crippen molar-refractivity contribution in [2.45, 2.75) is 25.8 Å². The predicted octanol–water partition coefficient (Wildman–Crippen LogP) is 4.91. The van der Waals surface area contributed by atoms with E-state index in [4.69, 9.17) is 0 Å². The summed E-state index contributed by atoms with van der Waals surface area (Å²) in [5.41, 5.74) is 1.77. The first-order valence-electron chi connectivity index (χ1n) is 8.59. The highest BCUT2D eigenvalue weighted by Gasteiger charge is 2.16. The first-order valence-corrected chi connectivity index (χ1v) is 10.3. The topological polar surface area (TPSA) is 57.3 Å². The molecule has 0 spiro atoms. The molecule has 3 aromatic rings. The Bertz CT molecular complexity index is 871. The minimum absolute atomic E-state index is 0.165. The number of urea groups is 1. The molecule has 1 atom stereocenters. The third-order valence-electron chi connectivity index (χ3n) is 4.11. The molecular formula is C19H24N4OS2. The fourth-order valence-corrected chi connectivity index (χ4v) is 4.58. The second kappa shape index (κ2) is 8.16. The Morgan fingerprint density at radius 2 is 2.08 bits per heavy atom. The highest BCUT2D eigenvalue weighted by molar-refractivity contribution is 7.18. The van der Waals surface area contributed by atoms with E-state index in [1.165, 1.54) is 4.88 Å². The molecule has 7 heteroatoms. The van der Waals surface area contributed by atoms with E-state index in [1.54, 1.807) is 22.7 Å². The van der Waals surface area contributed by atoms with Crippen LogP contribution in [0.5, 0.6) is 0 Å². The second-order valence-corrected chi connectivity index (χ2v) is 8.76. The lowest BCUT2D eigenvalue weighted by Gasteiger charge is -2.23. The van der Waals surface area contributed by atoms with Gasteiger partial charge in [-0.05, 0) is 43.7 Å². The van der Waals surface area contributed by atoms with Crippen molar-refractivity contribution in [1.82, 2.24) is 15.2 Å². The number of aromatic nitrogens is 1. The van der Waals surface area contributed by atoms with E-state index in [0.717, 1.165) is 20.9 Å². The van der Waals surface area contributed by atoms with Crippen LogP contribution in [0, 0.1) is 0 Å². The molecule has 138 valence electrons. The summed E-state index contributed by atoms with van der Waals surface area (Å²) in [7, 11) is 4.04. The molecule has 2 aromatic heterocycles. The molecule has 26 heavy (non-hydrogen) atoms. The largest absolute Gasteiger partial charge is 0.336 e. The van der Waals surface area contributed by atoms with Crippen molar-refractivity contribution < 1.29 is 4.79 Å². The summed E-state index contributed by atoms with van der Waals surface area (Å²) in [6, 6.07) is 9.95. The van der Waals surface area contributed by atoms with Gasteiger partial charge >= 0.3 is 6.03 Å². The number of hydrogen-bond acceptors (Lipinski definition) is 5. The summed E-state index contributed by atoms with van der Waals surface area (Å²) < 4.78 is 1.09. The molecule has 0 radical (unpaired) electrons. The van der Waals surface area contributed by atoms with Gasteiger partial charge in [0.05, 0.1) is 21.3 Å². The van der Waals surface area contributed by atoms with Crippen LogP contribution in [-0.2, 0) is 0 Å². The molecule has 1 aromatic carbocycles. The molecule has 0 aliphatic carbocycles. The normalized spacial score (nSPS) is 12.7. The molecule has 0 bridgehead atoms. The van der Waals surface area contributed by atoms with Crippen LogP contribution in [0.3, 0.4) is 0 Å². The molecule has 0 aliphatic rings. The standard InChI is InChI=1S/C19H24N4OS2/c1-12(2)18-22-14-8-7-13(10-17(14)26-18)21-19(24)20-11-15(23(3)4)16-6-5-9-25-16/h5-10,12,15H,11H2,1-4H3,(H2,20,21,24). The lowest BCUT2D eigenvalue weighted by molar-refractivity contribution is 0.244. The van der Waals surface area contributed by atoms with Gasteiger partial charge in [0.2, 0.25) is 0 Å². The van der Waals surface area contributed by atoms with Crippen LogP contribution in [0.2, 0.25) is 0 Å². The number of fused-ring (bicyclic) bond motifs is 1. The van der Waals surface area contributed by atoms with E-state index in [1.807, 2.05) is 38.4 Å². The molecule has 0 saturated heterocycles. The van der Waals surface area contributed by atoms with Crippen LogP contribution in [0.4, 0.5) is 10.5 Å². The number of nitrogens with one attached hydrogen (secondary N) is 2. The van der Waals surface area contributed by atoms with Gasteiger partial charge in [0, 0.05) is 23.0 Å². The maximum atomic E-state index is 12.3. The van der Waals surface area contributed by atoms with Gasteiger partial charge in [0.15, 0.2) is 0 Å². The zero-order valence-corrected chi connectivity index (χ0v) is 17.1. The summed E-state index contributed by atoms with van der Waals surface area (Å²) >= 11 is 3.38. The van der Waals surface area contributed by atoms with Gasteiger partial charge in [-0.1, -0.05) is 19.9 Å². The fraction of sp³-hybridized carbons (Fsp3) is 0.368. The summed E-state index contributed by atoms with van der Waals surface area (Å²) in [5.74, 6) is 0.410. The molecule has 2 N–H and O–H groups in total. The van der Waals surface area contributed by atoms with E-state index in [0.29, 0.717) is 12.5 Å². The predicted molar refractivity (Wildman–Crippen MR) is 111 cm³/mol. The van der Waals surface area contributed by atoms with E-state index in [2.05, 4.69) is 45.8 Å². The zero-order chi connectivity index (χ0) is 18.7. The van der Waals surface area contributed by atoms with E-state index in [-0.39, 0.29) is 12.1 Å². The van der Waals surface area contributed by atoms with Crippen LogP contribution in [-0.4, -0.2) is 36.6 Å². The maximum absolute atomic E-state index is 12.3. The molecule has 2 heterocycles. The van der Waals surface area contributed by atoms with E-state index >= 15 is 0 Å². The number of amides is 2. The monoisotopic (exact) mass is 388 g/mol. The Morgan fingerprint density at radius 3 is 2.73 bits per heavy atom. The average molecular weight is 389 g/mol. The number of carbonyl (C=O) groups excluding carboxylic acids is 1. The molecule has 1 unspecified atom stereocenters. The van der Waals surface area contributed by atoms with Gasteiger partial charge in [0.25, 0.3) is 0 Å². The third-order valence-corrected chi connectivity index (χ3v) is 6.40. The van der Waals surface area contributed by atoms with Gasteiger partial charge in [-0.15, -0.1) is 22.7 Å². The van der Waals surface area contributed by atoms with Crippen molar-refractivity contribution in [3.8, 4) is 0 Å². The van der Waals surface area contributed by atoms with E-state index < -0.39 is 0 Å². The maximum Gasteiger partial charge on any atom is 0.319 e. The Kier molecular flexibility index (Phi) is 5.90. The smallest absolute Gasteiger partial charge is 0.319 e. The van der Waals surface area contributed by atoms with Crippen molar-refractivity contribution in [2.75, 3.05) is 26.0 Å². The number of thiazole rings is 1. The molecule has 2 amide bonds. The van der Waals surface area contributed by atoms with Crippen molar-refractivity contribution >= 4 is 44.6 Å². The number of anilines is 1. The first kappa shape index (κ1) is 18.8. The van der Waals surface area contributed by atoms with Crippen molar-refractivity contribution in [1.29, 1.82) is 0 Å². The minimum Gasteiger partial charge on any atom is -0.336 e. The summed E-state index contributed by atoms with van der Waals surface area (Å²) in [4.78, 5) is 20.3. The number of thiophene rings is 1. The number of benzene rings is 1. The zero-order valence-electron chi connectivity index (χ0n) is 15.4. The molecule has 5 nitrogen and oxygen atoms in total.